The summed E-state index contributed by atoms with van der Waals surface area (Å²) in [6, 6.07) is 9.52. The van der Waals surface area contributed by atoms with Gasteiger partial charge in [-0.05, 0) is 25.5 Å². The number of nitrogens with zero attached hydrogens (tertiary/aromatic N) is 2. The maximum absolute atomic E-state index is 11.8. The zero-order valence-electron chi connectivity index (χ0n) is 9.97. The van der Waals surface area contributed by atoms with E-state index in [0.29, 0.717) is 5.69 Å². The number of carbonyl (C=O) groups is 1. The topological polar surface area (TPSA) is 54.9 Å². The molecular weight excluding hydrogens is 214 g/mol. The van der Waals surface area contributed by atoms with Gasteiger partial charge in [-0.25, -0.2) is 0 Å². The molecule has 1 aromatic carbocycles. The predicted octanol–water partition coefficient (Wildman–Crippen LogP) is 2.16. The minimum atomic E-state index is -0.169. The first kappa shape index (κ1) is 11.5. The molecule has 0 spiro atoms. The molecule has 0 aliphatic carbocycles. The van der Waals surface area contributed by atoms with Gasteiger partial charge in [-0.15, -0.1) is 10.2 Å². The van der Waals surface area contributed by atoms with Crippen LogP contribution in [-0.4, -0.2) is 22.1 Å². The Labute approximate surface area is 100 Å². The highest BCUT2D eigenvalue weighted by atomic mass is 16.2. The van der Waals surface area contributed by atoms with Gasteiger partial charge in [-0.1, -0.05) is 25.1 Å². The van der Waals surface area contributed by atoms with E-state index < -0.39 is 0 Å². The highest BCUT2D eigenvalue weighted by Crippen LogP contribution is 2.10. The van der Waals surface area contributed by atoms with Crippen LogP contribution in [-0.2, 0) is 0 Å². The summed E-state index contributed by atoms with van der Waals surface area (Å²) < 4.78 is 0. The van der Waals surface area contributed by atoms with Gasteiger partial charge in [-0.2, -0.15) is 0 Å². The molecule has 0 saturated heterocycles. The van der Waals surface area contributed by atoms with E-state index in [1.807, 2.05) is 38.1 Å². The van der Waals surface area contributed by atoms with Crippen molar-refractivity contribution in [3.8, 4) is 0 Å². The summed E-state index contributed by atoms with van der Waals surface area (Å²) in [6.07, 6.45) is 0.896. The first-order valence-corrected chi connectivity index (χ1v) is 5.74. The first-order chi connectivity index (χ1) is 8.20. The van der Waals surface area contributed by atoms with Crippen molar-refractivity contribution in [2.75, 3.05) is 0 Å². The molecule has 1 unspecified atom stereocenters. The van der Waals surface area contributed by atoms with E-state index in [-0.39, 0.29) is 11.9 Å². The summed E-state index contributed by atoms with van der Waals surface area (Å²) in [5, 5.41) is 11.8. The van der Waals surface area contributed by atoms with Gasteiger partial charge in [0.1, 0.15) is 0 Å². The molecule has 0 bridgehead atoms. The van der Waals surface area contributed by atoms with Crippen LogP contribution < -0.4 is 5.32 Å². The summed E-state index contributed by atoms with van der Waals surface area (Å²) in [5.74, 6) is -0.169. The molecule has 2 rings (SSSR count). The molecular formula is C13H15N3O. The van der Waals surface area contributed by atoms with Crippen LogP contribution in [0.25, 0.3) is 10.9 Å². The molecule has 2 aromatic rings. The van der Waals surface area contributed by atoms with Crippen molar-refractivity contribution in [3.05, 3.63) is 36.0 Å². The zero-order chi connectivity index (χ0) is 12.3. The Balaban J connectivity index is 2.27. The molecule has 0 fully saturated rings. The Morgan fingerprint density at radius 3 is 2.88 bits per heavy atom. The third-order valence-corrected chi connectivity index (χ3v) is 2.72. The summed E-state index contributed by atoms with van der Waals surface area (Å²) in [6.45, 7) is 3.99. The van der Waals surface area contributed by atoms with Crippen LogP contribution in [0.15, 0.2) is 30.3 Å². The molecule has 0 radical (unpaired) electrons. The highest BCUT2D eigenvalue weighted by Gasteiger charge is 2.10. The lowest BCUT2D eigenvalue weighted by Gasteiger charge is -2.10. The van der Waals surface area contributed by atoms with Gasteiger partial charge in [0.2, 0.25) is 0 Å². The Bertz CT molecular complexity index is 539. The minimum Gasteiger partial charge on any atom is -0.348 e. The number of benzene rings is 1. The van der Waals surface area contributed by atoms with Gasteiger partial charge < -0.3 is 5.32 Å². The smallest absolute Gasteiger partial charge is 0.272 e. The van der Waals surface area contributed by atoms with E-state index in [9.17, 15) is 4.79 Å². The van der Waals surface area contributed by atoms with Crippen LogP contribution >= 0.6 is 0 Å². The molecule has 4 heteroatoms. The van der Waals surface area contributed by atoms with Crippen LogP contribution in [0.1, 0.15) is 30.8 Å². The third kappa shape index (κ3) is 2.58. The lowest BCUT2D eigenvalue weighted by atomic mass is 10.2. The second kappa shape index (κ2) is 4.91. The number of hydrogen-bond acceptors (Lipinski definition) is 3. The SMILES string of the molecule is CCC(C)NC(=O)c1cc2ccccc2nn1. The van der Waals surface area contributed by atoms with Crippen molar-refractivity contribution >= 4 is 16.8 Å². The lowest BCUT2D eigenvalue weighted by Crippen LogP contribution is -2.32. The summed E-state index contributed by atoms with van der Waals surface area (Å²) in [5.41, 5.74) is 1.16. The average molecular weight is 229 g/mol. The molecule has 1 atom stereocenters. The van der Waals surface area contributed by atoms with Crippen molar-refractivity contribution in [2.24, 2.45) is 0 Å². The Morgan fingerprint density at radius 2 is 2.12 bits per heavy atom. The van der Waals surface area contributed by atoms with E-state index >= 15 is 0 Å². The zero-order valence-corrected chi connectivity index (χ0v) is 9.97. The second-order valence-corrected chi connectivity index (χ2v) is 4.07. The summed E-state index contributed by atoms with van der Waals surface area (Å²) in [7, 11) is 0. The quantitative estimate of drug-likeness (QED) is 0.877. The molecule has 1 aromatic heterocycles. The molecule has 0 aliphatic heterocycles. The van der Waals surface area contributed by atoms with Crippen molar-refractivity contribution in [1.82, 2.24) is 15.5 Å². The fourth-order valence-electron chi connectivity index (χ4n) is 1.50. The average Bonchev–Trinajstić information content (AvgIpc) is 2.38. The van der Waals surface area contributed by atoms with Crippen molar-refractivity contribution in [3.63, 3.8) is 0 Å². The Kier molecular flexibility index (Phi) is 3.32. The standard InChI is InChI=1S/C13H15N3O/c1-3-9(2)14-13(17)12-8-10-6-4-5-7-11(10)15-16-12/h4-9H,3H2,1-2H3,(H,14,17). The minimum absolute atomic E-state index is 0.149. The van der Waals surface area contributed by atoms with Crippen LogP contribution in [0.2, 0.25) is 0 Å². The molecule has 17 heavy (non-hydrogen) atoms. The van der Waals surface area contributed by atoms with Crippen molar-refractivity contribution in [1.29, 1.82) is 0 Å². The number of amides is 1. The monoisotopic (exact) mass is 229 g/mol. The van der Waals surface area contributed by atoms with Gasteiger partial charge in [0.05, 0.1) is 5.52 Å². The molecule has 0 saturated carbocycles. The summed E-state index contributed by atoms with van der Waals surface area (Å²) in [4.78, 5) is 11.8. The predicted molar refractivity (Wildman–Crippen MR) is 66.8 cm³/mol. The van der Waals surface area contributed by atoms with Crippen LogP contribution in [0.3, 0.4) is 0 Å². The van der Waals surface area contributed by atoms with Gasteiger partial charge in [0.15, 0.2) is 5.69 Å². The van der Waals surface area contributed by atoms with Crippen LogP contribution in [0, 0.1) is 0 Å². The number of fused-ring (bicyclic) bond motifs is 1. The molecule has 1 N–H and O–H groups in total. The van der Waals surface area contributed by atoms with Gasteiger partial charge >= 0.3 is 0 Å². The first-order valence-electron chi connectivity index (χ1n) is 5.74. The van der Waals surface area contributed by atoms with Gasteiger partial charge in [0.25, 0.3) is 5.91 Å². The van der Waals surface area contributed by atoms with E-state index in [1.54, 1.807) is 6.07 Å². The number of nitrogens with one attached hydrogen (secondary N) is 1. The van der Waals surface area contributed by atoms with E-state index in [0.717, 1.165) is 17.3 Å². The number of aromatic nitrogens is 2. The van der Waals surface area contributed by atoms with Gasteiger partial charge in [-0.3, -0.25) is 4.79 Å². The van der Waals surface area contributed by atoms with Crippen LogP contribution in [0.5, 0.6) is 0 Å². The fourth-order valence-corrected chi connectivity index (χ4v) is 1.50. The van der Waals surface area contributed by atoms with Crippen molar-refractivity contribution in [2.45, 2.75) is 26.3 Å². The number of carbonyl (C=O) groups excluding carboxylic acids is 1. The molecule has 1 amide bonds. The molecule has 4 nitrogen and oxygen atoms in total. The molecule has 88 valence electrons. The maximum atomic E-state index is 11.8. The third-order valence-electron chi connectivity index (χ3n) is 2.72. The largest absolute Gasteiger partial charge is 0.348 e. The van der Waals surface area contributed by atoms with E-state index in [1.165, 1.54) is 0 Å². The summed E-state index contributed by atoms with van der Waals surface area (Å²) >= 11 is 0. The van der Waals surface area contributed by atoms with E-state index in [4.69, 9.17) is 0 Å². The van der Waals surface area contributed by atoms with Gasteiger partial charge in [0, 0.05) is 11.4 Å². The van der Waals surface area contributed by atoms with Crippen LogP contribution in [0.4, 0.5) is 0 Å². The number of hydrogen-bond donors (Lipinski definition) is 1. The fraction of sp³-hybridized carbons (Fsp3) is 0.308. The second-order valence-electron chi connectivity index (χ2n) is 4.07. The Hall–Kier alpha value is -1.97. The Morgan fingerprint density at radius 1 is 1.35 bits per heavy atom. The number of rotatable bonds is 3. The lowest BCUT2D eigenvalue weighted by molar-refractivity contribution is 0.0933. The van der Waals surface area contributed by atoms with Crippen molar-refractivity contribution < 1.29 is 4.79 Å². The van der Waals surface area contributed by atoms with E-state index in [2.05, 4.69) is 15.5 Å². The molecule has 0 aliphatic rings. The highest BCUT2D eigenvalue weighted by molar-refractivity contribution is 5.95. The molecule has 1 heterocycles. The maximum Gasteiger partial charge on any atom is 0.272 e. The normalized spacial score (nSPS) is 12.4.